The number of carbonyl (C=O) groups excluding carboxylic acids is 2. The Morgan fingerprint density at radius 1 is 0.889 bits per heavy atom. The number of fused-ring (bicyclic) bond motifs is 1. The summed E-state index contributed by atoms with van der Waals surface area (Å²) in [6.07, 6.45) is 1.63. The number of aryl methyl sites for hydroxylation is 1. The molecule has 4 aromatic rings. The van der Waals surface area contributed by atoms with Crippen molar-refractivity contribution in [3.8, 4) is 5.75 Å². The van der Waals surface area contributed by atoms with Crippen molar-refractivity contribution >= 4 is 22.6 Å². The van der Waals surface area contributed by atoms with Gasteiger partial charge in [-0.1, -0.05) is 72.8 Å². The number of methoxy groups -OCH3 is 1. The molecule has 0 unspecified atom stereocenters. The van der Waals surface area contributed by atoms with Crippen LogP contribution in [0.25, 0.3) is 10.8 Å². The number of piperazine rings is 1. The van der Waals surface area contributed by atoms with E-state index < -0.39 is 0 Å². The predicted octanol–water partition coefficient (Wildman–Crippen LogP) is 5.33. The van der Waals surface area contributed by atoms with Crippen LogP contribution in [-0.2, 0) is 17.8 Å². The molecule has 0 saturated carbocycles. The van der Waals surface area contributed by atoms with E-state index in [0.717, 1.165) is 29.2 Å². The van der Waals surface area contributed by atoms with E-state index in [1.165, 1.54) is 5.56 Å². The topological polar surface area (TPSA) is 49.9 Å². The van der Waals surface area contributed by atoms with Gasteiger partial charge in [0, 0.05) is 18.7 Å². The van der Waals surface area contributed by atoms with E-state index in [0.29, 0.717) is 24.4 Å². The highest BCUT2D eigenvalue weighted by atomic mass is 16.5. The number of hydrogen-bond donors (Lipinski definition) is 0. The molecular weight excluding hydrogens is 448 g/mol. The molecule has 1 atom stereocenters. The fraction of sp³-hybridized carbons (Fsp3) is 0.226. The number of benzene rings is 4. The van der Waals surface area contributed by atoms with Crippen molar-refractivity contribution in [2.45, 2.75) is 25.4 Å². The Bertz CT molecular complexity index is 1350. The van der Waals surface area contributed by atoms with Crippen LogP contribution < -0.4 is 4.74 Å². The van der Waals surface area contributed by atoms with Crippen molar-refractivity contribution in [1.82, 2.24) is 9.80 Å². The van der Waals surface area contributed by atoms with Crippen LogP contribution in [0.2, 0.25) is 0 Å². The van der Waals surface area contributed by atoms with Crippen LogP contribution in [-0.4, -0.2) is 47.9 Å². The van der Waals surface area contributed by atoms with Gasteiger partial charge in [-0.2, -0.15) is 0 Å². The average molecular weight is 479 g/mol. The molecule has 5 nitrogen and oxygen atoms in total. The molecule has 1 aliphatic heterocycles. The molecule has 0 radical (unpaired) electrons. The molecule has 4 aromatic carbocycles. The fourth-order valence-corrected chi connectivity index (χ4v) is 5.00. The Morgan fingerprint density at radius 2 is 1.61 bits per heavy atom. The van der Waals surface area contributed by atoms with Crippen LogP contribution in [0.4, 0.5) is 0 Å². The molecule has 0 N–H and O–H groups in total. The van der Waals surface area contributed by atoms with Gasteiger partial charge in [-0.3, -0.25) is 9.59 Å². The highest BCUT2D eigenvalue weighted by Crippen LogP contribution is 2.25. The number of carbonyl (C=O) groups is 2. The summed E-state index contributed by atoms with van der Waals surface area (Å²) in [5, 5.41) is 2.32. The van der Waals surface area contributed by atoms with Crippen molar-refractivity contribution in [3.63, 3.8) is 0 Å². The summed E-state index contributed by atoms with van der Waals surface area (Å²) < 4.78 is 5.22. The summed E-state index contributed by atoms with van der Waals surface area (Å²) in [5.41, 5.74) is 2.92. The number of nitrogens with zero attached hydrogens (tertiary/aromatic N) is 2. The molecule has 2 amide bonds. The molecule has 1 heterocycles. The zero-order valence-electron chi connectivity index (χ0n) is 20.5. The third-order valence-electron chi connectivity index (χ3n) is 6.97. The van der Waals surface area contributed by atoms with Crippen molar-refractivity contribution in [2.24, 2.45) is 0 Å². The molecule has 0 aromatic heterocycles. The summed E-state index contributed by atoms with van der Waals surface area (Å²) in [5.74, 6) is 0.554. The van der Waals surface area contributed by atoms with Crippen LogP contribution in [0.15, 0.2) is 97.1 Å². The fourth-order valence-electron chi connectivity index (χ4n) is 5.00. The summed E-state index contributed by atoms with van der Waals surface area (Å²) in [6.45, 7) is 1.12. The zero-order valence-corrected chi connectivity index (χ0v) is 20.5. The molecule has 0 aliphatic carbocycles. The zero-order chi connectivity index (χ0) is 24.9. The molecule has 1 fully saturated rings. The minimum atomic E-state index is -0.125. The lowest BCUT2D eigenvalue weighted by atomic mass is 9.98. The Kier molecular flexibility index (Phi) is 6.99. The van der Waals surface area contributed by atoms with Gasteiger partial charge in [0.1, 0.15) is 12.3 Å². The SMILES string of the molecule is COc1ccc(C(=O)N2CC(=O)N(Cc3cccc4ccccc34)[C@@H](CCc3ccccc3)C2)cc1. The Balaban J connectivity index is 1.40. The minimum Gasteiger partial charge on any atom is -0.497 e. The summed E-state index contributed by atoms with van der Waals surface area (Å²) in [6, 6.07) is 31.8. The first-order chi connectivity index (χ1) is 17.6. The lowest BCUT2D eigenvalue weighted by Crippen LogP contribution is -2.57. The summed E-state index contributed by atoms with van der Waals surface area (Å²) in [7, 11) is 1.60. The van der Waals surface area contributed by atoms with E-state index in [2.05, 4.69) is 36.4 Å². The minimum absolute atomic E-state index is 0.0193. The van der Waals surface area contributed by atoms with Gasteiger partial charge in [0.05, 0.1) is 13.2 Å². The Labute approximate surface area is 211 Å². The third kappa shape index (κ3) is 5.10. The van der Waals surface area contributed by atoms with E-state index in [9.17, 15) is 9.59 Å². The van der Waals surface area contributed by atoms with Gasteiger partial charge in [-0.15, -0.1) is 0 Å². The van der Waals surface area contributed by atoms with Crippen molar-refractivity contribution in [2.75, 3.05) is 20.2 Å². The monoisotopic (exact) mass is 478 g/mol. The molecule has 182 valence electrons. The Morgan fingerprint density at radius 3 is 2.39 bits per heavy atom. The smallest absolute Gasteiger partial charge is 0.254 e. The van der Waals surface area contributed by atoms with Gasteiger partial charge >= 0.3 is 0 Å². The average Bonchev–Trinajstić information content (AvgIpc) is 2.93. The maximum atomic E-state index is 13.5. The van der Waals surface area contributed by atoms with Gasteiger partial charge in [0.2, 0.25) is 5.91 Å². The van der Waals surface area contributed by atoms with Crippen molar-refractivity contribution < 1.29 is 14.3 Å². The van der Waals surface area contributed by atoms with E-state index in [1.807, 2.05) is 41.3 Å². The molecule has 0 spiro atoms. The molecule has 1 saturated heterocycles. The lowest BCUT2D eigenvalue weighted by Gasteiger charge is -2.41. The first-order valence-electron chi connectivity index (χ1n) is 12.4. The molecule has 5 rings (SSSR count). The normalized spacial score (nSPS) is 15.8. The molecule has 0 bridgehead atoms. The summed E-state index contributed by atoms with van der Waals surface area (Å²) >= 11 is 0. The van der Waals surface area contributed by atoms with Gasteiger partial charge in [0.15, 0.2) is 0 Å². The second-order valence-corrected chi connectivity index (χ2v) is 9.25. The highest BCUT2D eigenvalue weighted by Gasteiger charge is 2.35. The van der Waals surface area contributed by atoms with Crippen LogP contribution in [0.5, 0.6) is 5.75 Å². The van der Waals surface area contributed by atoms with Crippen LogP contribution in [0.1, 0.15) is 27.9 Å². The van der Waals surface area contributed by atoms with E-state index >= 15 is 0 Å². The largest absolute Gasteiger partial charge is 0.497 e. The maximum Gasteiger partial charge on any atom is 0.254 e. The number of amides is 2. The number of rotatable bonds is 7. The third-order valence-corrected chi connectivity index (χ3v) is 6.97. The van der Waals surface area contributed by atoms with Crippen molar-refractivity contribution in [1.29, 1.82) is 0 Å². The van der Waals surface area contributed by atoms with E-state index in [4.69, 9.17) is 4.74 Å². The highest BCUT2D eigenvalue weighted by molar-refractivity contribution is 5.97. The molecule has 36 heavy (non-hydrogen) atoms. The first kappa shape index (κ1) is 23.6. The maximum absolute atomic E-state index is 13.5. The standard InChI is InChI=1S/C31H30N2O3/c1-36-28-18-15-25(16-19-28)31(35)32-21-27(17-14-23-8-3-2-4-9-23)33(30(34)22-32)20-26-12-7-11-24-10-5-6-13-29(24)26/h2-13,15-16,18-19,27H,14,17,20-22H2,1H3/t27-/m0/s1. The predicted molar refractivity (Wildman–Crippen MR) is 142 cm³/mol. The van der Waals surface area contributed by atoms with Gasteiger partial charge in [0.25, 0.3) is 5.91 Å². The van der Waals surface area contributed by atoms with Gasteiger partial charge in [-0.05, 0) is 59.0 Å². The second kappa shape index (κ2) is 10.6. The van der Waals surface area contributed by atoms with Crippen LogP contribution in [0, 0.1) is 0 Å². The van der Waals surface area contributed by atoms with Crippen LogP contribution in [0.3, 0.4) is 0 Å². The van der Waals surface area contributed by atoms with E-state index in [1.54, 1.807) is 36.3 Å². The van der Waals surface area contributed by atoms with E-state index in [-0.39, 0.29) is 24.4 Å². The van der Waals surface area contributed by atoms with Crippen molar-refractivity contribution in [3.05, 3.63) is 114 Å². The number of ether oxygens (including phenoxy) is 1. The second-order valence-electron chi connectivity index (χ2n) is 9.25. The van der Waals surface area contributed by atoms with Crippen LogP contribution >= 0.6 is 0 Å². The lowest BCUT2D eigenvalue weighted by molar-refractivity contribution is -0.139. The quantitative estimate of drug-likeness (QED) is 0.361. The molecular formula is C31H30N2O3. The van der Waals surface area contributed by atoms with Gasteiger partial charge < -0.3 is 14.5 Å². The Hall–Kier alpha value is -4.12. The van der Waals surface area contributed by atoms with Gasteiger partial charge in [-0.25, -0.2) is 0 Å². The first-order valence-corrected chi connectivity index (χ1v) is 12.4. The number of hydrogen-bond acceptors (Lipinski definition) is 3. The molecule has 5 heteroatoms. The molecule has 1 aliphatic rings. The summed E-state index contributed by atoms with van der Waals surface area (Å²) in [4.78, 5) is 30.5.